The summed E-state index contributed by atoms with van der Waals surface area (Å²) in [5, 5.41) is 12.3. The monoisotopic (exact) mass is 332 g/mol. The Morgan fingerprint density at radius 3 is 2.33 bits per heavy atom. The Kier molecular flexibility index (Phi) is 5.26. The molecule has 0 spiro atoms. The second-order valence-electron chi connectivity index (χ2n) is 6.55. The normalized spacial score (nSPS) is 16.5. The summed E-state index contributed by atoms with van der Waals surface area (Å²) in [6.07, 6.45) is 0.596. The molecule has 6 heteroatoms. The maximum Gasteiger partial charge on any atom is 0.329 e. The van der Waals surface area contributed by atoms with Gasteiger partial charge >= 0.3 is 5.97 Å². The summed E-state index contributed by atoms with van der Waals surface area (Å²) in [5.41, 5.74) is 1.73. The van der Waals surface area contributed by atoms with Crippen molar-refractivity contribution in [1.29, 1.82) is 0 Å². The molecule has 2 N–H and O–H groups in total. The summed E-state index contributed by atoms with van der Waals surface area (Å²) in [7, 11) is 0. The smallest absolute Gasteiger partial charge is 0.329 e. The van der Waals surface area contributed by atoms with E-state index in [9.17, 15) is 19.5 Å². The summed E-state index contributed by atoms with van der Waals surface area (Å²) < 4.78 is 0. The first kappa shape index (κ1) is 18.0. The summed E-state index contributed by atoms with van der Waals surface area (Å²) in [5.74, 6) is -1.42. The Morgan fingerprint density at radius 2 is 1.83 bits per heavy atom. The highest BCUT2D eigenvalue weighted by Gasteiger charge is 2.43. The van der Waals surface area contributed by atoms with Crippen molar-refractivity contribution >= 4 is 17.8 Å². The first-order valence-electron chi connectivity index (χ1n) is 8.09. The van der Waals surface area contributed by atoms with Crippen LogP contribution >= 0.6 is 0 Å². The molecule has 1 aromatic carbocycles. The van der Waals surface area contributed by atoms with Crippen LogP contribution in [0.2, 0.25) is 0 Å². The maximum absolute atomic E-state index is 12.4. The highest BCUT2D eigenvalue weighted by atomic mass is 16.4. The number of likely N-dealkylation sites (tertiary alicyclic amines) is 1. The number of hydrogen-bond donors (Lipinski definition) is 2. The molecule has 130 valence electrons. The Labute approximate surface area is 141 Å². The van der Waals surface area contributed by atoms with E-state index in [4.69, 9.17) is 0 Å². The first-order valence-corrected chi connectivity index (χ1v) is 8.09. The lowest BCUT2D eigenvalue weighted by Crippen LogP contribution is -2.60. The van der Waals surface area contributed by atoms with E-state index in [0.717, 1.165) is 16.7 Å². The molecule has 2 amide bonds. The average molecular weight is 332 g/mol. The van der Waals surface area contributed by atoms with Crippen molar-refractivity contribution in [3.05, 3.63) is 34.9 Å². The molecule has 2 rings (SSSR count). The number of carbonyl (C=O) groups is 3. The molecule has 1 aliphatic rings. The molecule has 0 aromatic heterocycles. The minimum atomic E-state index is -1.29. The third-order valence-corrected chi connectivity index (χ3v) is 4.70. The molecule has 0 saturated carbocycles. The fourth-order valence-corrected chi connectivity index (χ4v) is 3.12. The van der Waals surface area contributed by atoms with E-state index in [0.29, 0.717) is 13.1 Å². The lowest BCUT2D eigenvalue weighted by Gasteiger charge is -2.39. The standard InChI is InChI=1S/C18H24N2O4/c1-12-4-5-15(13(2)10-12)11-16(22)19-18(17(23)24)6-8-20(9-7-18)14(3)21/h4-5,10H,6-9,11H2,1-3H3,(H,19,22)(H,23,24). The molecule has 1 saturated heterocycles. The number of amides is 2. The largest absolute Gasteiger partial charge is 0.480 e. The molecule has 1 fully saturated rings. The van der Waals surface area contributed by atoms with Crippen molar-refractivity contribution in [3.8, 4) is 0 Å². The zero-order chi connectivity index (χ0) is 17.9. The van der Waals surface area contributed by atoms with Crippen LogP contribution < -0.4 is 5.32 Å². The minimum absolute atomic E-state index is 0.0735. The number of benzene rings is 1. The van der Waals surface area contributed by atoms with Crippen LogP contribution in [-0.4, -0.2) is 46.4 Å². The summed E-state index contributed by atoms with van der Waals surface area (Å²) >= 11 is 0. The van der Waals surface area contributed by atoms with E-state index >= 15 is 0 Å². The van der Waals surface area contributed by atoms with Gasteiger partial charge in [0.25, 0.3) is 0 Å². The van der Waals surface area contributed by atoms with Crippen LogP contribution in [0.3, 0.4) is 0 Å². The van der Waals surface area contributed by atoms with Gasteiger partial charge in [0.1, 0.15) is 5.54 Å². The van der Waals surface area contributed by atoms with Gasteiger partial charge in [0.2, 0.25) is 11.8 Å². The van der Waals surface area contributed by atoms with Crippen molar-refractivity contribution < 1.29 is 19.5 Å². The van der Waals surface area contributed by atoms with Crippen LogP contribution in [-0.2, 0) is 20.8 Å². The van der Waals surface area contributed by atoms with Gasteiger partial charge in [0.05, 0.1) is 6.42 Å². The van der Waals surface area contributed by atoms with E-state index in [1.807, 2.05) is 32.0 Å². The number of carboxylic acids is 1. The molecule has 0 radical (unpaired) electrons. The van der Waals surface area contributed by atoms with Gasteiger partial charge in [-0.05, 0) is 37.8 Å². The predicted octanol–water partition coefficient (Wildman–Crippen LogP) is 1.43. The number of rotatable bonds is 4. The van der Waals surface area contributed by atoms with E-state index in [1.165, 1.54) is 6.92 Å². The molecule has 1 aromatic rings. The molecule has 1 aliphatic heterocycles. The fraction of sp³-hybridized carbons (Fsp3) is 0.500. The number of aliphatic carboxylic acids is 1. The molecule has 0 aliphatic carbocycles. The highest BCUT2D eigenvalue weighted by molar-refractivity contribution is 5.88. The van der Waals surface area contributed by atoms with Gasteiger partial charge in [0.15, 0.2) is 0 Å². The van der Waals surface area contributed by atoms with E-state index < -0.39 is 11.5 Å². The number of nitrogens with one attached hydrogen (secondary N) is 1. The average Bonchev–Trinajstić information content (AvgIpc) is 2.50. The van der Waals surface area contributed by atoms with Crippen LogP contribution in [0.4, 0.5) is 0 Å². The zero-order valence-electron chi connectivity index (χ0n) is 14.4. The molecule has 24 heavy (non-hydrogen) atoms. The van der Waals surface area contributed by atoms with Crippen LogP contribution in [0.15, 0.2) is 18.2 Å². The Morgan fingerprint density at radius 1 is 1.21 bits per heavy atom. The predicted molar refractivity (Wildman–Crippen MR) is 89.6 cm³/mol. The van der Waals surface area contributed by atoms with Crippen LogP contribution in [0.5, 0.6) is 0 Å². The van der Waals surface area contributed by atoms with Gasteiger partial charge in [-0.2, -0.15) is 0 Å². The third kappa shape index (κ3) is 3.93. The fourth-order valence-electron chi connectivity index (χ4n) is 3.12. The number of aryl methyl sites for hydroxylation is 2. The lowest BCUT2D eigenvalue weighted by atomic mass is 9.87. The van der Waals surface area contributed by atoms with Crippen molar-refractivity contribution in [2.45, 2.75) is 45.6 Å². The highest BCUT2D eigenvalue weighted by Crippen LogP contribution is 2.23. The second-order valence-corrected chi connectivity index (χ2v) is 6.55. The molecule has 6 nitrogen and oxygen atoms in total. The van der Waals surface area contributed by atoms with Crippen LogP contribution in [0, 0.1) is 13.8 Å². The van der Waals surface area contributed by atoms with Crippen molar-refractivity contribution in [2.75, 3.05) is 13.1 Å². The number of hydrogen-bond acceptors (Lipinski definition) is 3. The molecular weight excluding hydrogens is 308 g/mol. The quantitative estimate of drug-likeness (QED) is 0.873. The Bertz CT molecular complexity index is 661. The van der Waals surface area contributed by atoms with E-state index in [2.05, 4.69) is 5.32 Å². The summed E-state index contributed by atoms with van der Waals surface area (Å²) in [6, 6.07) is 5.84. The second kappa shape index (κ2) is 7.03. The molecule has 0 atom stereocenters. The first-order chi connectivity index (χ1) is 11.2. The zero-order valence-corrected chi connectivity index (χ0v) is 14.4. The lowest BCUT2D eigenvalue weighted by molar-refractivity contribution is -0.151. The van der Waals surface area contributed by atoms with Gasteiger partial charge in [-0.3, -0.25) is 9.59 Å². The van der Waals surface area contributed by atoms with Crippen molar-refractivity contribution in [1.82, 2.24) is 10.2 Å². The maximum atomic E-state index is 12.4. The number of piperidine rings is 1. The molecule has 0 unspecified atom stereocenters. The Balaban J connectivity index is 2.07. The van der Waals surface area contributed by atoms with Gasteiger partial charge in [-0.1, -0.05) is 23.8 Å². The number of carboxylic acid groups (broad SMARTS) is 1. The molecule has 0 bridgehead atoms. The summed E-state index contributed by atoms with van der Waals surface area (Å²) in [4.78, 5) is 37.1. The topological polar surface area (TPSA) is 86.7 Å². The van der Waals surface area contributed by atoms with E-state index in [1.54, 1.807) is 4.90 Å². The van der Waals surface area contributed by atoms with Crippen LogP contribution in [0.25, 0.3) is 0 Å². The van der Waals surface area contributed by atoms with Gasteiger partial charge in [-0.25, -0.2) is 4.79 Å². The third-order valence-electron chi connectivity index (χ3n) is 4.70. The molecular formula is C18H24N2O4. The Hall–Kier alpha value is -2.37. The van der Waals surface area contributed by atoms with Crippen molar-refractivity contribution in [2.24, 2.45) is 0 Å². The van der Waals surface area contributed by atoms with Crippen molar-refractivity contribution in [3.63, 3.8) is 0 Å². The number of carbonyl (C=O) groups excluding carboxylic acids is 2. The number of nitrogens with zero attached hydrogens (tertiary/aromatic N) is 1. The molecule has 1 heterocycles. The summed E-state index contributed by atoms with van der Waals surface area (Å²) in [6.45, 7) is 6.07. The minimum Gasteiger partial charge on any atom is -0.480 e. The van der Waals surface area contributed by atoms with Gasteiger partial charge in [-0.15, -0.1) is 0 Å². The van der Waals surface area contributed by atoms with Gasteiger partial charge < -0.3 is 15.3 Å². The van der Waals surface area contributed by atoms with Gasteiger partial charge in [0, 0.05) is 20.0 Å². The van der Waals surface area contributed by atoms with E-state index in [-0.39, 0.29) is 31.1 Å². The van der Waals surface area contributed by atoms with Crippen LogP contribution in [0.1, 0.15) is 36.5 Å². The SMILES string of the molecule is CC(=O)N1CCC(NC(=O)Cc2ccc(C)cc2C)(C(=O)O)CC1.